The smallest absolute Gasteiger partial charge is 0.369 e. The Morgan fingerprint density at radius 3 is 2.41 bits per heavy atom. The van der Waals surface area contributed by atoms with Gasteiger partial charge in [-0.2, -0.15) is 13.2 Å². The fourth-order valence-electron chi connectivity index (χ4n) is 3.92. The molecule has 1 spiro atoms. The molecule has 8 heteroatoms. The normalized spacial score (nSPS) is 20.0. The van der Waals surface area contributed by atoms with Gasteiger partial charge in [0.25, 0.3) is 0 Å². The maximum atomic E-state index is 14.5. The number of hydrogen-bond acceptors (Lipinski definition) is 4. The number of anilines is 1. The van der Waals surface area contributed by atoms with Crippen molar-refractivity contribution in [2.24, 2.45) is 0 Å². The first kappa shape index (κ1) is 18.4. The quantitative estimate of drug-likeness (QED) is 0.724. The second-order valence-electron chi connectivity index (χ2n) is 6.90. The van der Waals surface area contributed by atoms with Crippen molar-refractivity contribution in [3.05, 3.63) is 35.3 Å². The van der Waals surface area contributed by atoms with Crippen LogP contribution in [0.2, 0.25) is 0 Å². The third kappa shape index (κ3) is 3.25. The number of aromatic nitrogens is 1. The molecule has 2 aromatic rings. The molecule has 1 aromatic carbocycles. The average molecular weight is 384 g/mol. The number of hydrogen-bond donors (Lipinski definition) is 0. The fourth-order valence-corrected chi connectivity index (χ4v) is 3.92. The van der Waals surface area contributed by atoms with Crippen LogP contribution in [0.3, 0.4) is 0 Å². The van der Waals surface area contributed by atoms with Gasteiger partial charge < -0.3 is 14.4 Å². The van der Waals surface area contributed by atoms with Gasteiger partial charge in [0.15, 0.2) is 5.79 Å². The van der Waals surface area contributed by atoms with Crippen molar-refractivity contribution in [2.75, 3.05) is 31.2 Å². The van der Waals surface area contributed by atoms with Gasteiger partial charge in [0.2, 0.25) is 0 Å². The van der Waals surface area contributed by atoms with Gasteiger partial charge >= 0.3 is 6.18 Å². The summed E-state index contributed by atoms with van der Waals surface area (Å²) < 4.78 is 65.8. The first-order chi connectivity index (χ1) is 12.8. The highest BCUT2D eigenvalue weighted by atomic mass is 19.4. The van der Waals surface area contributed by atoms with Crippen molar-refractivity contribution in [3.63, 3.8) is 0 Å². The molecule has 2 saturated heterocycles. The third-order valence-corrected chi connectivity index (χ3v) is 5.32. The highest BCUT2D eigenvalue weighted by molar-refractivity contribution is 5.94. The first-order valence-corrected chi connectivity index (χ1v) is 9.05. The maximum Gasteiger partial charge on any atom is 0.433 e. The lowest BCUT2D eigenvalue weighted by Gasteiger charge is -2.39. The predicted molar refractivity (Wildman–Crippen MR) is 92.2 cm³/mol. The molecule has 4 nitrogen and oxygen atoms in total. The third-order valence-electron chi connectivity index (χ3n) is 5.32. The number of benzene rings is 1. The van der Waals surface area contributed by atoms with E-state index in [0.29, 0.717) is 50.4 Å². The number of fused-ring (bicyclic) bond motifs is 1. The lowest BCUT2D eigenvalue weighted by molar-refractivity contribution is -0.169. The van der Waals surface area contributed by atoms with E-state index in [-0.39, 0.29) is 17.3 Å². The summed E-state index contributed by atoms with van der Waals surface area (Å²) in [6.07, 6.45) is -3.09. The SMILES string of the molecule is CCc1cc(C(F)(F)F)nc2c(N3CCC4(CC3)OCCO4)ccc(F)c12. The van der Waals surface area contributed by atoms with Crippen LogP contribution in [0.1, 0.15) is 31.0 Å². The number of piperidine rings is 1. The number of halogens is 4. The van der Waals surface area contributed by atoms with Crippen molar-refractivity contribution < 1.29 is 27.0 Å². The molecule has 2 fully saturated rings. The lowest BCUT2D eigenvalue weighted by atomic mass is 10.00. The lowest BCUT2D eigenvalue weighted by Crippen LogP contribution is -2.45. The van der Waals surface area contributed by atoms with Crippen molar-refractivity contribution >= 4 is 16.6 Å². The molecule has 0 unspecified atom stereocenters. The summed E-state index contributed by atoms with van der Waals surface area (Å²) in [5, 5.41) is 0.164. The minimum atomic E-state index is -4.58. The van der Waals surface area contributed by atoms with Crippen LogP contribution in [-0.2, 0) is 22.1 Å². The molecule has 0 N–H and O–H groups in total. The number of aryl methyl sites for hydroxylation is 1. The van der Waals surface area contributed by atoms with Gasteiger partial charge in [0, 0.05) is 31.3 Å². The van der Waals surface area contributed by atoms with Gasteiger partial charge in [-0.25, -0.2) is 9.37 Å². The molecule has 0 amide bonds. The zero-order chi connectivity index (χ0) is 19.2. The summed E-state index contributed by atoms with van der Waals surface area (Å²) in [4.78, 5) is 5.75. The number of pyridine rings is 1. The van der Waals surface area contributed by atoms with Crippen LogP contribution in [0.5, 0.6) is 0 Å². The van der Waals surface area contributed by atoms with Gasteiger partial charge in [-0.1, -0.05) is 6.92 Å². The number of alkyl halides is 3. The molecular formula is C19H20F4N2O2. The van der Waals surface area contributed by atoms with Crippen molar-refractivity contribution in [3.8, 4) is 0 Å². The highest BCUT2D eigenvalue weighted by Gasteiger charge is 2.40. The summed E-state index contributed by atoms with van der Waals surface area (Å²) >= 11 is 0. The van der Waals surface area contributed by atoms with Crippen LogP contribution < -0.4 is 4.90 Å². The Bertz CT molecular complexity index is 853. The van der Waals surface area contributed by atoms with E-state index in [2.05, 4.69) is 4.98 Å². The molecule has 0 bridgehead atoms. The topological polar surface area (TPSA) is 34.6 Å². The van der Waals surface area contributed by atoms with E-state index >= 15 is 0 Å². The summed E-state index contributed by atoms with van der Waals surface area (Å²) in [5.74, 6) is -1.14. The van der Waals surface area contributed by atoms with E-state index in [0.717, 1.165) is 6.07 Å². The Morgan fingerprint density at radius 1 is 1.15 bits per heavy atom. The number of ether oxygens (including phenoxy) is 2. The summed E-state index contributed by atoms with van der Waals surface area (Å²) in [6.45, 7) is 3.90. The Labute approximate surface area is 154 Å². The Morgan fingerprint density at radius 2 is 1.81 bits per heavy atom. The van der Waals surface area contributed by atoms with Crippen LogP contribution >= 0.6 is 0 Å². The molecule has 3 heterocycles. The van der Waals surface area contributed by atoms with E-state index in [1.807, 2.05) is 4.90 Å². The number of rotatable bonds is 2. The molecule has 0 atom stereocenters. The molecule has 0 saturated carbocycles. The van der Waals surface area contributed by atoms with E-state index in [9.17, 15) is 17.6 Å². The van der Waals surface area contributed by atoms with Gasteiger partial charge in [0.1, 0.15) is 11.5 Å². The second kappa shape index (κ2) is 6.60. The molecule has 27 heavy (non-hydrogen) atoms. The van der Waals surface area contributed by atoms with Crippen LogP contribution in [0.4, 0.5) is 23.2 Å². The van der Waals surface area contributed by atoms with E-state index < -0.39 is 23.5 Å². The maximum absolute atomic E-state index is 14.5. The van der Waals surface area contributed by atoms with Crippen LogP contribution in [0.25, 0.3) is 10.9 Å². The van der Waals surface area contributed by atoms with Gasteiger partial charge in [-0.15, -0.1) is 0 Å². The van der Waals surface area contributed by atoms with Crippen LogP contribution in [-0.4, -0.2) is 37.1 Å². The van der Waals surface area contributed by atoms with Crippen LogP contribution in [0, 0.1) is 5.82 Å². The monoisotopic (exact) mass is 384 g/mol. The second-order valence-corrected chi connectivity index (χ2v) is 6.90. The van der Waals surface area contributed by atoms with Gasteiger partial charge in [-0.05, 0) is 30.2 Å². The molecule has 1 aromatic heterocycles. The summed E-state index contributed by atoms with van der Waals surface area (Å²) in [7, 11) is 0. The van der Waals surface area contributed by atoms with Crippen molar-refractivity contribution in [1.29, 1.82) is 0 Å². The van der Waals surface area contributed by atoms with Crippen molar-refractivity contribution in [1.82, 2.24) is 4.98 Å². The van der Waals surface area contributed by atoms with Gasteiger partial charge in [0.05, 0.1) is 24.4 Å². The molecule has 2 aliphatic heterocycles. The highest BCUT2D eigenvalue weighted by Crippen LogP contribution is 2.38. The average Bonchev–Trinajstić information content (AvgIpc) is 3.09. The standard InChI is InChI=1S/C19H20F4N2O2/c1-2-12-11-15(19(21,22)23)24-17-14(4-3-13(20)16(12)17)25-7-5-18(6-8-25)26-9-10-27-18/h3-4,11H,2,5-10H2,1H3. The zero-order valence-electron chi connectivity index (χ0n) is 14.9. The Hall–Kier alpha value is -1.93. The molecule has 0 aliphatic carbocycles. The van der Waals surface area contributed by atoms with Crippen molar-refractivity contribution in [2.45, 2.75) is 38.1 Å². The zero-order valence-corrected chi connectivity index (χ0v) is 14.9. The molecule has 4 rings (SSSR count). The molecule has 0 radical (unpaired) electrons. The van der Waals surface area contributed by atoms with E-state index in [1.54, 1.807) is 6.92 Å². The molecule has 146 valence electrons. The molecule has 2 aliphatic rings. The summed E-state index contributed by atoms with van der Waals surface area (Å²) in [5.41, 5.74) is -0.108. The predicted octanol–water partition coefficient (Wildman–Crippen LogP) is 4.30. The minimum Gasteiger partial charge on any atom is -0.369 e. The van der Waals surface area contributed by atoms with Gasteiger partial charge in [-0.3, -0.25) is 0 Å². The fraction of sp³-hybridized carbons (Fsp3) is 0.526. The number of nitrogens with zero attached hydrogens (tertiary/aromatic N) is 2. The Balaban J connectivity index is 1.78. The molecular weight excluding hydrogens is 364 g/mol. The van der Waals surface area contributed by atoms with E-state index in [4.69, 9.17) is 9.47 Å². The summed E-state index contributed by atoms with van der Waals surface area (Å²) in [6, 6.07) is 3.76. The Kier molecular flexibility index (Phi) is 4.50. The van der Waals surface area contributed by atoms with Crippen LogP contribution in [0.15, 0.2) is 18.2 Å². The first-order valence-electron chi connectivity index (χ1n) is 9.05. The van der Waals surface area contributed by atoms with E-state index in [1.165, 1.54) is 12.1 Å². The largest absolute Gasteiger partial charge is 0.433 e. The minimum absolute atomic E-state index is 0.0610.